The zero-order valence-corrected chi connectivity index (χ0v) is 12.8. The molecule has 2 atom stereocenters. The Morgan fingerprint density at radius 2 is 1.83 bits per heavy atom. The maximum Gasteiger partial charge on any atom is 0.326 e. The lowest BCUT2D eigenvalue weighted by atomic mass is 10.0. The first-order chi connectivity index (χ1) is 10.9. The number of rotatable bonds is 8. The number of nitrogens with one attached hydrogen (secondary N) is 2. The van der Waals surface area contributed by atoms with Crippen molar-refractivity contribution in [3.8, 4) is 6.07 Å². The molecule has 7 nitrogen and oxygen atoms in total. The number of carboxylic acids is 1. The molecule has 0 aromatic heterocycles. The second kappa shape index (κ2) is 9.20. The highest BCUT2D eigenvalue weighted by Crippen LogP contribution is 2.05. The molecule has 122 valence electrons. The Balaban J connectivity index is 2.80. The summed E-state index contributed by atoms with van der Waals surface area (Å²) in [5.74, 6) is -2.19. The molecule has 1 aromatic rings. The lowest BCUT2D eigenvalue weighted by Crippen LogP contribution is -2.52. The first kappa shape index (κ1) is 18.2. The highest BCUT2D eigenvalue weighted by atomic mass is 16.4. The molecule has 0 saturated heterocycles. The van der Waals surface area contributed by atoms with Crippen LogP contribution in [0.5, 0.6) is 0 Å². The normalized spacial score (nSPS) is 12.5. The van der Waals surface area contributed by atoms with Crippen LogP contribution in [0.2, 0.25) is 0 Å². The van der Waals surface area contributed by atoms with Crippen LogP contribution in [0, 0.1) is 11.3 Å². The molecule has 0 aliphatic carbocycles. The summed E-state index contributed by atoms with van der Waals surface area (Å²) in [6.45, 7) is 1.29. The topological polar surface area (TPSA) is 119 Å². The summed E-state index contributed by atoms with van der Waals surface area (Å²) >= 11 is 0. The summed E-state index contributed by atoms with van der Waals surface area (Å²) in [5.41, 5.74) is 0.838. The molecule has 0 aliphatic rings. The first-order valence-electron chi connectivity index (χ1n) is 7.15. The van der Waals surface area contributed by atoms with Gasteiger partial charge in [-0.1, -0.05) is 30.3 Å². The fraction of sp³-hybridized carbons (Fsp3) is 0.375. The van der Waals surface area contributed by atoms with Crippen LogP contribution in [-0.4, -0.2) is 35.0 Å². The van der Waals surface area contributed by atoms with Crippen molar-refractivity contribution in [2.75, 3.05) is 0 Å². The molecule has 0 unspecified atom stereocenters. The van der Waals surface area contributed by atoms with Gasteiger partial charge in [0.05, 0.1) is 6.07 Å². The van der Waals surface area contributed by atoms with E-state index in [-0.39, 0.29) is 25.2 Å². The highest BCUT2D eigenvalue weighted by molar-refractivity contribution is 5.90. The standard InChI is InChI=1S/C16H19N3O4/c1-11(20)18-14(10-12-6-3-2-4-7-12)15(21)19-13(16(22)23)8-5-9-17/h2-4,6-7,13-14H,5,8,10H2,1H3,(H,18,20)(H,19,21)(H,22,23)/t13-,14-/m0/s1. The van der Waals surface area contributed by atoms with E-state index in [1.54, 1.807) is 0 Å². The summed E-state index contributed by atoms with van der Waals surface area (Å²) in [5, 5.41) is 22.5. The zero-order valence-electron chi connectivity index (χ0n) is 12.8. The molecule has 0 aliphatic heterocycles. The van der Waals surface area contributed by atoms with E-state index in [0.29, 0.717) is 0 Å². The Labute approximate surface area is 134 Å². The van der Waals surface area contributed by atoms with Gasteiger partial charge in [-0.3, -0.25) is 9.59 Å². The van der Waals surface area contributed by atoms with Crippen LogP contribution >= 0.6 is 0 Å². The third-order valence-electron chi connectivity index (χ3n) is 3.14. The van der Waals surface area contributed by atoms with E-state index in [2.05, 4.69) is 10.6 Å². The van der Waals surface area contributed by atoms with E-state index in [1.165, 1.54) is 6.92 Å². The second-order valence-corrected chi connectivity index (χ2v) is 5.04. The Hall–Kier alpha value is -2.88. The smallest absolute Gasteiger partial charge is 0.326 e. The van der Waals surface area contributed by atoms with E-state index >= 15 is 0 Å². The highest BCUT2D eigenvalue weighted by Gasteiger charge is 2.25. The van der Waals surface area contributed by atoms with Crippen molar-refractivity contribution >= 4 is 17.8 Å². The maximum absolute atomic E-state index is 12.3. The van der Waals surface area contributed by atoms with E-state index in [1.807, 2.05) is 36.4 Å². The molecule has 0 saturated carbocycles. The van der Waals surface area contributed by atoms with Crippen molar-refractivity contribution in [3.63, 3.8) is 0 Å². The van der Waals surface area contributed by atoms with Crippen molar-refractivity contribution in [2.45, 2.75) is 38.3 Å². The minimum absolute atomic E-state index is 0.00962. The van der Waals surface area contributed by atoms with Gasteiger partial charge < -0.3 is 15.7 Å². The van der Waals surface area contributed by atoms with Crippen molar-refractivity contribution in [2.24, 2.45) is 0 Å². The molecule has 2 amide bonds. The third kappa shape index (κ3) is 6.61. The van der Waals surface area contributed by atoms with Gasteiger partial charge in [0.1, 0.15) is 12.1 Å². The molecular weight excluding hydrogens is 298 g/mol. The Kier molecular flexibility index (Phi) is 7.27. The van der Waals surface area contributed by atoms with Crippen molar-refractivity contribution in [1.82, 2.24) is 10.6 Å². The fourth-order valence-corrected chi connectivity index (χ4v) is 2.04. The minimum atomic E-state index is -1.21. The zero-order chi connectivity index (χ0) is 17.2. The van der Waals surface area contributed by atoms with Crippen LogP contribution in [-0.2, 0) is 20.8 Å². The molecule has 0 fully saturated rings. The Morgan fingerprint density at radius 1 is 1.17 bits per heavy atom. The van der Waals surface area contributed by atoms with Crippen molar-refractivity contribution in [3.05, 3.63) is 35.9 Å². The van der Waals surface area contributed by atoms with Gasteiger partial charge in [-0.05, 0) is 12.0 Å². The van der Waals surface area contributed by atoms with Crippen LogP contribution in [0.3, 0.4) is 0 Å². The van der Waals surface area contributed by atoms with Gasteiger partial charge >= 0.3 is 5.97 Å². The lowest BCUT2D eigenvalue weighted by Gasteiger charge is -2.20. The van der Waals surface area contributed by atoms with E-state index < -0.39 is 24.0 Å². The van der Waals surface area contributed by atoms with Crippen LogP contribution in [0.15, 0.2) is 30.3 Å². The molecule has 1 aromatic carbocycles. The molecule has 7 heteroatoms. The van der Waals surface area contributed by atoms with E-state index in [0.717, 1.165) is 5.56 Å². The van der Waals surface area contributed by atoms with Gasteiger partial charge in [0, 0.05) is 19.8 Å². The van der Waals surface area contributed by atoms with Gasteiger partial charge in [0.2, 0.25) is 11.8 Å². The predicted octanol–water partition coefficient (Wildman–Crippen LogP) is 0.607. The summed E-state index contributed by atoms with van der Waals surface area (Å²) in [6.07, 6.45) is 0.271. The SMILES string of the molecule is CC(=O)N[C@@H](Cc1ccccc1)C(=O)N[C@@H](CCC#N)C(=O)O. The molecular formula is C16H19N3O4. The van der Waals surface area contributed by atoms with Gasteiger partial charge in [0.15, 0.2) is 0 Å². The Bertz CT molecular complexity index is 595. The number of hydrogen-bond acceptors (Lipinski definition) is 4. The van der Waals surface area contributed by atoms with Crippen LogP contribution < -0.4 is 10.6 Å². The number of aliphatic carboxylic acids is 1. The number of hydrogen-bond donors (Lipinski definition) is 3. The van der Waals surface area contributed by atoms with Gasteiger partial charge in [0.25, 0.3) is 0 Å². The number of carboxylic acid groups (broad SMARTS) is 1. The van der Waals surface area contributed by atoms with Crippen LogP contribution in [0.1, 0.15) is 25.3 Å². The summed E-state index contributed by atoms with van der Waals surface area (Å²) in [7, 11) is 0. The maximum atomic E-state index is 12.3. The molecule has 0 bridgehead atoms. The lowest BCUT2D eigenvalue weighted by molar-refractivity contribution is -0.142. The fourth-order valence-electron chi connectivity index (χ4n) is 2.04. The first-order valence-corrected chi connectivity index (χ1v) is 7.15. The van der Waals surface area contributed by atoms with Crippen molar-refractivity contribution < 1.29 is 19.5 Å². The predicted molar refractivity (Wildman–Crippen MR) is 82.2 cm³/mol. The monoisotopic (exact) mass is 317 g/mol. The molecule has 3 N–H and O–H groups in total. The number of carbonyl (C=O) groups excluding carboxylic acids is 2. The van der Waals surface area contributed by atoms with Crippen molar-refractivity contribution in [1.29, 1.82) is 5.26 Å². The molecule has 0 radical (unpaired) electrons. The van der Waals surface area contributed by atoms with Crippen LogP contribution in [0.25, 0.3) is 0 Å². The van der Waals surface area contributed by atoms with E-state index in [4.69, 9.17) is 10.4 Å². The number of carbonyl (C=O) groups is 3. The van der Waals surface area contributed by atoms with Gasteiger partial charge in [-0.25, -0.2) is 4.79 Å². The molecule has 1 rings (SSSR count). The van der Waals surface area contributed by atoms with Crippen LogP contribution in [0.4, 0.5) is 0 Å². The third-order valence-corrected chi connectivity index (χ3v) is 3.14. The summed E-state index contributed by atoms with van der Waals surface area (Å²) in [4.78, 5) is 34.7. The van der Waals surface area contributed by atoms with Gasteiger partial charge in [-0.2, -0.15) is 5.26 Å². The summed E-state index contributed by atoms with van der Waals surface area (Å²) in [6, 6.07) is 8.89. The molecule has 0 heterocycles. The summed E-state index contributed by atoms with van der Waals surface area (Å²) < 4.78 is 0. The second-order valence-electron chi connectivity index (χ2n) is 5.04. The number of nitrogens with zero attached hydrogens (tertiary/aromatic N) is 1. The number of benzene rings is 1. The molecule has 23 heavy (non-hydrogen) atoms. The molecule has 0 spiro atoms. The van der Waals surface area contributed by atoms with E-state index in [9.17, 15) is 14.4 Å². The average molecular weight is 317 g/mol. The number of nitriles is 1. The number of amides is 2. The van der Waals surface area contributed by atoms with Gasteiger partial charge in [-0.15, -0.1) is 0 Å². The Morgan fingerprint density at radius 3 is 2.35 bits per heavy atom. The minimum Gasteiger partial charge on any atom is -0.480 e. The average Bonchev–Trinajstić information content (AvgIpc) is 2.50. The largest absolute Gasteiger partial charge is 0.480 e. The quantitative estimate of drug-likeness (QED) is 0.649.